The number of aliphatic carboxylic acids is 1. The summed E-state index contributed by atoms with van der Waals surface area (Å²) in [5.41, 5.74) is -2.13. The van der Waals surface area contributed by atoms with Crippen molar-refractivity contribution in [3.8, 4) is 0 Å². The van der Waals surface area contributed by atoms with Crippen LogP contribution in [0.15, 0.2) is 11.6 Å². The van der Waals surface area contributed by atoms with Gasteiger partial charge in [-0.15, -0.1) is 0 Å². The van der Waals surface area contributed by atoms with E-state index in [2.05, 4.69) is 12.2 Å². The van der Waals surface area contributed by atoms with Gasteiger partial charge in [0.05, 0.1) is 6.42 Å². The van der Waals surface area contributed by atoms with Crippen molar-refractivity contribution < 1.29 is 43.7 Å². The molecule has 0 radical (unpaired) electrons. The molecule has 4 rings (SSSR count). The number of Topliss-reactive ketones (excluding diaryl/α,β-unsaturated/α-hetero) is 2. The number of carboxylic acid groups (broad SMARTS) is 1. The molecule has 11 heteroatoms. The summed E-state index contributed by atoms with van der Waals surface area (Å²) in [6.45, 7) is 3.22. The highest BCUT2D eigenvalue weighted by atomic mass is 32.2. The summed E-state index contributed by atoms with van der Waals surface area (Å²) in [6, 6.07) is -1.05. The van der Waals surface area contributed by atoms with Gasteiger partial charge >= 0.3 is 11.9 Å². The number of aliphatic hydroxyl groups is 1. The third kappa shape index (κ3) is 5.76. The number of hydrogen-bond acceptors (Lipinski definition) is 9. The molecule has 0 aromatic carbocycles. The highest BCUT2D eigenvalue weighted by Crippen LogP contribution is 2.66. The van der Waals surface area contributed by atoms with Crippen LogP contribution in [0.5, 0.6) is 0 Å². The Labute approximate surface area is 244 Å². The van der Waals surface area contributed by atoms with Gasteiger partial charge in [0.15, 0.2) is 12.4 Å². The fourth-order valence-electron chi connectivity index (χ4n) is 8.16. The molecule has 4 aliphatic rings. The van der Waals surface area contributed by atoms with Gasteiger partial charge in [-0.1, -0.05) is 19.4 Å². The third-order valence-electron chi connectivity index (χ3n) is 10.4. The highest BCUT2D eigenvalue weighted by molar-refractivity contribution is 7.98. The predicted molar refractivity (Wildman–Crippen MR) is 150 cm³/mol. The molecule has 1 unspecified atom stereocenters. The Morgan fingerprint density at radius 1 is 1.12 bits per heavy atom. The van der Waals surface area contributed by atoms with Crippen LogP contribution < -0.4 is 5.32 Å². The molecule has 10 nitrogen and oxygen atoms in total. The van der Waals surface area contributed by atoms with Crippen molar-refractivity contribution in [2.45, 2.75) is 89.7 Å². The second kappa shape index (κ2) is 12.0. The molecule has 0 aliphatic heterocycles. The van der Waals surface area contributed by atoms with Crippen molar-refractivity contribution in [1.82, 2.24) is 5.32 Å². The van der Waals surface area contributed by atoms with Crippen molar-refractivity contribution >= 4 is 47.0 Å². The van der Waals surface area contributed by atoms with Crippen molar-refractivity contribution in [2.24, 2.45) is 28.6 Å². The van der Waals surface area contributed by atoms with Crippen molar-refractivity contribution in [3.05, 3.63) is 11.6 Å². The number of carbonyl (C=O) groups is 6. The molecule has 0 saturated heterocycles. The molecule has 0 aromatic rings. The molecular weight excluding hydrogens is 550 g/mol. The molecule has 3 N–H and O–H groups in total. The second-order valence-electron chi connectivity index (χ2n) is 12.6. The quantitative estimate of drug-likeness (QED) is 0.304. The van der Waals surface area contributed by atoms with Gasteiger partial charge in [-0.3, -0.25) is 24.0 Å². The minimum Gasteiger partial charge on any atom is -0.480 e. The molecule has 41 heavy (non-hydrogen) atoms. The molecular formula is C30H41NO9S. The van der Waals surface area contributed by atoms with E-state index in [1.165, 1.54) is 11.8 Å². The first-order valence-electron chi connectivity index (χ1n) is 14.5. The van der Waals surface area contributed by atoms with Crippen molar-refractivity contribution in [3.63, 3.8) is 0 Å². The van der Waals surface area contributed by atoms with Crippen LogP contribution in [0.4, 0.5) is 0 Å². The number of thioether (sulfide) groups is 1. The van der Waals surface area contributed by atoms with Gasteiger partial charge < -0.3 is 20.3 Å². The van der Waals surface area contributed by atoms with Gasteiger partial charge in [-0.05, 0) is 73.9 Å². The number of carbonyl (C=O) groups excluding carboxylic acids is 5. The normalized spacial score (nSPS) is 34.9. The van der Waals surface area contributed by atoms with Crippen LogP contribution in [0, 0.1) is 28.6 Å². The molecule has 0 spiro atoms. The number of amides is 1. The first-order chi connectivity index (χ1) is 19.3. The first-order valence-corrected chi connectivity index (χ1v) is 15.8. The molecule has 0 aromatic heterocycles. The molecule has 0 heterocycles. The predicted octanol–water partition coefficient (Wildman–Crippen LogP) is 2.64. The smallest absolute Gasteiger partial charge is 0.326 e. The number of allylic oxidation sites excluding steroid dienone is 1. The number of carboxylic acids is 1. The number of hydrogen-bond donors (Lipinski definition) is 3. The molecule has 0 bridgehead atoms. The number of ketones is 3. The minimum atomic E-state index is -1.82. The molecule has 4 aliphatic carbocycles. The Hall–Kier alpha value is -2.53. The van der Waals surface area contributed by atoms with Gasteiger partial charge in [0, 0.05) is 30.6 Å². The standard InChI is InChI=1S/C30H41NO9S/c1-28-11-8-18(32)14-17(28)4-5-19-20-9-12-30(39,29(20,2)15-22(33)26(19)28)23(34)16-40-25(36)7-6-24(35)31-21(27(37)38)10-13-41-3/h14,19-21,26,39H,4-13,15-16H2,1-3H3,(H,31,35)(H,37,38)/t19-,20-,21?,26+,28-,29-,30-/m0/s1. The van der Waals surface area contributed by atoms with Crippen LogP contribution in [0.2, 0.25) is 0 Å². The summed E-state index contributed by atoms with van der Waals surface area (Å²) in [7, 11) is 0. The molecule has 1 amide bonds. The maximum Gasteiger partial charge on any atom is 0.326 e. The largest absolute Gasteiger partial charge is 0.480 e. The maximum absolute atomic E-state index is 13.7. The Balaban J connectivity index is 1.36. The Morgan fingerprint density at radius 3 is 2.54 bits per heavy atom. The minimum absolute atomic E-state index is 0.00466. The van der Waals surface area contributed by atoms with Crippen LogP contribution in [-0.4, -0.2) is 75.7 Å². The van der Waals surface area contributed by atoms with E-state index in [0.29, 0.717) is 25.0 Å². The molecule has 3 saturated carbocycles. The average molecular weight is 592 g/mol. The summed E-state index contributed by atoms with van der Waals surface area (Å²) in [6.07, 6.45) is 6.49. The fraction of sp³-hybridized carbons (Fsp3) is 0.733. The van der Waals surface area contributed by atoms with Crippen LogP contribution in [-0.2, 0) is 33.5 Å². The number of rotatable bonds is 11. The van der Waals surface area contributed by atoms with Crippen LogP contribution in [0.1, 0.15) is 78.1 Å². The summed E-state index contributed by atoms with van der Waals surface area (Å²) < 4.78 is 5.13. The lowest BCUT2D eigenvalue weighted by Crippen LogP contribution is -2.61. The zero-order valence-corrected chi connectivity index (χ0v) is 24.8. The zero-order valence-electron chi connectivity index (χ0n) is 24.0. The fourth-order valence-corrected chi connectivity index (χ4v) is 8.63. The zero-order chi connectivity index (χ0) is 30.2. The Kier molecular flexibility index (Phi) is 9.18. The number of fused-ring (bicyclic) bond motifs is 5. The van der Waals surface area contributed by atoms with Gasteiger partial charge in [-0.2, -0.15) is 11.8 Å². The van der Waals surface area contributed by atoms with Crippen molar-refractivity contribution in [2.75, 3.05) is 18.6 Å². The third-order valence-corrected chi connectivity index (χ3v) is 11.1. The maximum atomic E-state index is 13.7. The highest BCUT2D eigenvalue weighted by Gasteiger charge is 2.68. The summed E-state index contributed by atoms with van der Waals surface area (Å²) in [5, 5.41) is 23.4. The van der Waals surface area contributed by atoms with Gasteiger partial charge in [0.25, 0.3) is 0 Å². The molecule has 3 fully saturated rings. The first kappa shape index (κ1) is 31.4. The second-order valence-corrected chi connectivity index (χ2v) is 13.6. The van der Waals surface area contributed by atoms with E-state index in [4.69, 9.17) is 4.74 Å². The number of nitrogens with one attached hydrogen (secondary N) is 1. The van der Waals surface area contributed by atoms with Gasteiger partial charge in [-0.25, -0.2) is 4.79 Å². The van der Waals surface area contributed by atoms with Crippen LogP contribution in [0.25, 0.3) is 0 Å². The summed E-state index contributed by atoms with van der Waals surface area (Å²) >= 11 is 1.46. The average Bonchev–Trinajstić information content (AvgIpc) is 3.19. The van der Waals surface area contributed by atoms with Crippen molar-refractivity contribution in [1.29, 1.82) is 0 Å². The molecule has 226 valence electrons. The van der Waals surface area contributed by atoms with E-state index in [1.807, 2.05) is 6.26 Å². The summed E-state index contributed by atoms with van der Waals surface area (Å²) in [5.74, 6) is -2.83. The monoisotopic (exact) mass is 591 g/mol. The van der Waals surface area contributed by atoms with E-state index in [-0.39, 0.29) is 66.8 Å². The number of esters is 1. The van der Waals surface area contributed by atoms with Crippen LogP contribution >= 0.6 is 11.8 Å². The van der Waals surface area contributed by atoms with Gasteiger partial charge in [0.2, 0.25) is 11.7 Å². The SMILES string of the molecule is CSCCC(NC(=O)CCC(=O)OCC(=O)[C@@]1(O)CC[C@H]2[C@@H]3CCC4=CC(=O)CC[C@]4(C)[C@H]3C(=O)C[C@@]21C)C(=O)O. The molecule has 7 atom stereocenters. The van der Waals surface area contributed by atoms with Crippen LogP contribution in [0.3, 0.4) is 0 Å². The Bertz CT molecular complexity index is 1170. The van der Waals surface area contributed by atoms with E-state index >= 15 is 0 Å². The summed E-state index contributed by atoms with van der Waals surface area (Å²) in [4.78, 5) is 74.9. The lowest BCUT2D eigenvalue weighted by atomic mass is 9.46. The van der Waals surface area contributed by atoms with Gasteiger partial charge in [0.1, 0.15) is 17.4 Å². The van der Waals surface area contributed by atoms with E-state index in [0.717, 1.165) is 18.4 Å². The lowest BCUT2D eigenvalue weighted by molar-refractivity contribution is -0.173. The number of ether oxygens (including phenoxy) is 1. The van der Waals surface area contributed by atoms with E-state index < -0.39 is 47.3 Å². The Morgan fingerprint density at radius 2 is 1.85 bits per heavy atom. The topological polar surface area (TPSA) is 164 Å². The van der Waals surface area contributed by atoms with E-state index in [9.17, 15) is 39.0 Å². The lowest BCUT2D eigenvalue weighted by Gasteiger charge is -2.57. The van der Waals surface area contributed by atoms with E-state index in [1.54, 1.807) is 13.0 Å².